The van der Waals surface area contributed by atoms with Gasteiger partial charge in [-0.1, -0.05) is 23.2 Å². The van der Waals surface area contributed by atoms with Crippen LogP contribution in [0, 0.1) is 0 Å². The van der Waals surface area contributed by atoms with Crippen molar-refractivity contribution in [3.63, 3.8) is 0 Å². The first-order valence-electron chi connectivity index (χ1n) is 16.4. The number of aliphatic hydroxyl groups is 2. The normalized spacial score (nSPS) is 12.7. The minimum absolute atomic E-state index is 0.00633. The molecule has 5 rings (SSSR count). The third-order valence-corrected chi connectivity index (χ3v) is 12.1. The molecule has 16 heteroatoms. The summed E-state index contributed by atoms with van der Waals surface area (Å²) < 4.78 is 78.7. The quantitative estimate of drug-likeness (QED) is 0.103. The molecule has 2 N–H and O–H groups in total. The molecular formula is C38H38Cl2N2O10S2. The second-order valence-electron chi connectivity index (χ2n) is 11.8. The summed E-state index contributed by atoms with van der Waals surface area (Å²) in [5.41, 5.74) is 0.617. The molecule has 0 bridgehead atoms. The summed E-state index contributed by atoms with van der Waals surface area (Å²) >= 11 is 12.0. The van der Waals surface area contributed by atoms with Crippen molar-refractivity contribution in [2.45, 2.75) is 22.0 Å². The highest BCUT2D eigenvalue weighted by Crippen LogP contribution is 2.29. The van der Waals surface area contributed by atoms with Crippen LogP contribution in [0.3, 0.4) is 0 Å². The van der Waals surface area contributed by atoms with E-state index in [1.807, 2.05) is 0 Å². The Balaban J connectivity index is 1.21. The summed E-state index contributed by atoms with van der Waals surface area (Å²) in [7, 11) is -5.21. The number of ether oxygens (including phenoxy) is 4. The summed E-state index contributed by atoms with van der Waals surface area (Å²) in [5, 5.41) is 22.6. The number of rotatable bonds is 18. The van der Waals surface area contributed by atoms with Gasteiger partial charge in [-0.2, -0.15) is 0 Å². The highest BCUT2D eigenvalue weighted by atomic mass is 35.5. The van der Waals surface area contributed by atoms with Crippen molar-refractivity contribution in [2.75, 3.05) is 49.1 Å². The molecule has 0 saturated carbocycles. The van der Waals surface area contributed by atoms with E-state index in [-0.39, 0.29) is 36.1 Å². The van der Waals surface area contributed by atoms with Crippen LogP contribution in [0.25, 0.3) is 0 Å². The van der Waals surface area contributed by atoms with Gasteiger partial charge in [0.15, 0.2) is 0 Å². The Bertz CT molecular complexity index is 2020. The van der Waals surface area contributed by atoms with Crippen LogP contribution in [0.4, 0.5) is 11.4 Å². The summed E-state index contributed by atoms with van der Waals surface area (Å²) in [6, 6.07) is 30.5. The Labute approximate surface area is 324 Å². The standard InChI is InChI=1S/C38H38Cl2N2O10S2/c1-49-33-11-7-29(8-12-33)41(53(45,46)37-19-3-27(39)4-20-37)23-31(43)25-51-35-15-17-36(18-16-35)52-26-32(44)24-42(30-9-13-34(50-2)14-10-30)54(47,48)38-21-5-28(40)6-22-38/h3-22,31-32,43-44H,23-26H2,1-2H3/t31-,32-/m0/s1. The molecule has 0 aromatic heterocycles. The molecule has 5 aromatic carbocycles. The fourth-order valence-electron chi connectivity index (χ4n) is 5.15. The Morgan fingerprint density at radius 1 is 0.500 bits per heavy atom. The molecule has 0 aliphatic carbocycles. The van der Waals surface area contributed by atoms with E-state index in [0.717, 1.165) is 8.61 Å². The fraction of sp³-hybridized carbons (Fsp3) is 0.211. The van der Waals surface area contributed by atoms with Crippen LogP contribution in [-0.2, 0) is 20.0 Å². The van der Waals surface area contributed by atoms with E-state index in [2.05, 4.69) is 0 Å². The lowest BCUT2D eigenvalue weighted by Gasteiger charge is -2.27. The number of methoxy groups -OCH3 is 2. The van der Waals surface area contributed by atoms with Crippen molar-refractivity contribution in [2.24, 2.45) is 0 Å². The predicted molar refractivity (Wildman–Crippen MR) is 207 cm³/mol. The molecule has 0 aliphatic heterocycles. The maximum absolute atomic E-state index is 13.7. The SMILES string of the molecule is COc1ccc(N(C[C@H](O)COc2ccc(OC[C@@H](O)CN(c3ccc(OC)cc3)S(=O)(=O)c3ccc(Cl)cc3)cc2)S(=O)(=O)c2ccc(Cl)cc2)cc1. The van der Waals surface area contributed by atoms with Crippen LogP contribution in [0.5, 0.6) is 23.0 Å². The van der Waals surface area contributed by atoms with E-state index < -0.39 is 32.3 Å². The zero-order chi connectivity index (χ0) is 38.9. The lowest BCUT2D eigenvalue weighted by molar-refractivity contribution is 0.113. The topological polar surface area (TPSA) is 152 Å². The Morgan fingerprint density at radius 2 is 0.796 bits per heavy atom. The first kappa shape index (κ1) is 40.5. The van der Waals surface area contributed by atoms with Gasteiger partial charge in [0.25, 0.3) is 20.0 Å². The lowest BCUT2D eigenvalue weighted by Crippen LogP contribution is -2.40. The number of hydrogen-bond donors (Lipinski definition) is 2. The van der Waals surface area contributed by atoms with Crippen molar-refractivity contribution in [1.29, 1.82) is 0 Å². The van der Waals surface area contributed by atoms with Gasteiger partial charge in [0, 0.05) is 10.0 Å². The minimum atomic E-state index is -4.10. The number of benzene rings is 5. The number of halogens is 2. The van der Waals surface area contributed by atoms with E-state index in [9.17, 15) is 27.0 Å². The fourth-order valence-corrected chi connectivity index (χ4v) is 8.41. The minimum Gasteiger partial charge on any atom is -0.497 e. The van der Waals surface area contributed by atoms with E-state index in [4.69, 9.17) is 42.1 Å². The Kier molecular flexibility index (Phi) is 13.6. The molecule has 5 aromatic rings. The van der Waals surface area contributed by atoms with Gasteiger partial charge in [0.1, 0.15) is 48.4 Å². The largest absolute Gasteiger partial charge is 0.497 e. The second kappa shape index (κ2) is 18.1. The van der Waals surface area contributed by atoms with Crippen LogP contribution < -0.4 is 27.6 Å². The maximum atomic E-state index is 13.7. The molecule has 0 amide bonds. The Hall–Kier alpha value is -4.70. The zero-order valence-electron chi connectivity index (χ0n) is 29.2. The molecule has 0 fully saturated rings. The molecule has 0 spiro atoms. The van der Waals surface area contributed by atoms with Crippen LogP contribution in [-0.4, -0.2) is 79.8 Å². The highest BCUT2D eigenvalue weighted by Gasteiger charge is 2.29. The summed E-state index contributed by atoms with van der Waals surface area (Å²) in [5.74, 6) is 1.79. The second-order valence-corrected chi connectivity index (χ2v) is 16.4. The highest BCUT2D eigenvalue weighted by molar-refractivity contribution is 7.93. The first-order chi connectivity index (χ1) is 25.8. The monoisotopic (exact) mass is 816 g/mol. The third kappa shape index (κ3) is 10.3. The smallest absolute Gasteiger partial charge is 0.264 e. The van der Waals surface area contributed by atoms with Crippen molar-refractivity contribution < 1.29 is 46.0 Å². The van der Waals surface area contributed by atoms with Crippen LogP contribution >= 0.6 is 23.2 Å². The Morgan fingerprint density at radius 3 is 1.09 bits per heavy atom. The van der Waals surface area contributed by atoms with Crippen molar-refractivity contribution in [3.05, 3.63) is 131 Å². The third-order valence-electron chi connectivity index (χ3n) is 7.99. The number of nitrogens with zero attached hydrogens (tertiary/aromatic N) is 2. The van der Waals surface area contributed by atoms with Gasteiger partial charge in [-0.05, 0) is 121 Å². The summed E-state index contributed by atoms with van der Waals surface area (Å²) in [6.07, 6.45) is -2.48. The molecule has 286 valence electrons. The van der Waals surface area contributed by atoms with Crippen molar-refractivity contribution in [3.8, 4) is 23.0 Å². The van der Waals surface area contributed by atoms with E-state index >= 15 is 0 Å². The number of sulfonamides is 2. The van der Waals surface area contributed by atoms with E-state index in [1.54, 1.807) is 72.8 Å². The van der Waals surface area contributed by atoms with Gasteiger partial charge in [-0.3, -0.25) is 8.61 Å². The van der Waals surface area contributed by atoms with Crippen molar-refractivity contribution in [1.82, 2.24) is 0 Å². The molecular weight excluding hydrogens is 779 g/mol. The summed E-state index contributed by atoms with van der Waals surface area (Å²) in [4.78, 5) is -0.0127. The van der Waals surface area contributed by atoms with Gasteiger partial charge in [0.05, 0.1) is 48.5 Å². The zero-order valence-corrected chi connectivity index (χ0v) is 32.3. The average molecular weight is 818 g/mol. The molecule has 0 heterocycles. The number of aliphatic hydroxyl groups excluding tert-OH is 2. The number of anilines is 2. The van der Waals surface area contributed by atoms with Gasteiger partial charge >= 0.3 is 0 Å². The van der Waals surface area contributed by atoms with Gasteiger partial charge in [-0.15, -0.1) is 0 Å². The lowest BCUT2D eigenvalue weighted by atomic mass is 10.2. The molecule has 0 saturated heterocycles. The van der Waals surface area contributed by atoms with Crippen LogP contribution in [0.1, 0.15) is 0 Å². The van der Waals surface area contributed by atoms with Crippen LogP contribution in [0.2, 0.25) is 10.0 Å². The molecule has 0 aliphatic rings. The number of hydrogen-bond acceptors (Lipinski definition) is 10. The van der Waals surface area contributed by atoms with Gasteiger partial charge in [0.2, 0.25) is 0 Å². The molecule has 0 unspecified atom stereocenters. The van der Waals surface area contributed by atoms with Crippen molar-refractivity contribution >= 4 is 54.6 Å². The van der Waals surface area contributed by atoms with E-state index in [0.29, 0.717) is 44.4 Å². The van der Waals surface area contributed by atoms with E-state index in [1.165, 1.54) is 62.8 Å². The molecule has 54 heavy (non-hydrogen) atoms. The summed E-state index contributed by atoms with van der Waals surface area (Å²) in [6.45, 7) is -1.13. The van der Waals surface area contributed by atoms with Gasteiger partial charge in [-0.25, -0.2) is 16.8 Å². The molecule has 0 radical (unpaired) electrons. The maximum Gasteiger partial charge on any atom is 0.264 e. The predicted octanol–water partition coefficient (Wildman–Crippen LogP) is 6.28. The first-order valence-corrected chi connectivity index (χ1v) is 20.0. The molecule has 2 atom stereocenters. The average Bonchev–Trinajstić information content (AvgIpc) is 3.18. The van der Waals surface area contributed by atoms with Crippen LogP contribution in [0.15, 0.2) is 131 Å². The molecule has 12 nitrogen and oxygen atoms in total. The van der Waals surface area contributed by atoms with Gasteiger partial charge < -0.3 is 29.2 Å².